The van der Waals surface area contributed by atoms with E-state index in [2.05, 4.69) is 62.1 Å². The smallest absolute Gasteiger partial charge is 0.145 e. The Morgan fingerprint density at radius 2 is 1.93 bits per heavy atom. The average Bonchev–Trinajstić information content (AvgIpc) is 3.12. The quantitative estimate of drug-likeness (QED) is 0.716. The van der Waals surface area contributed by atoms with Crippen molar-refractivity contribution in [1.29, 1.82) is 0 Å². The van der Waals surface area contributed by atoms with E-state index in [9.17, 15) is 0 Å². The molecule has 0 amide bonds. The Balaban J connectivity index is 1.38. The Kier molecular flexibility index (Phi) is 5.22. The third-order valence-corrected chi connectivity index (χ3v) is 5.71. The van der Waals surface area contributed by atoms with Crippen molar-refractivity contribution in [3.63, 3.8) is 0 Å². The molecule has 0 radical (unpaired) electrons. The summed E-state index contributed by atoms with van der Waals surface area (Å²) in [5.41, 5.74) is 3.53. The van der Waals surface area contributed by atoms with Crippen molar-refractivity contribution in [3.8, 4) is 11.5 Å². The Hall–Kier alpha value is -2.26. The molecular formula is C24H29NO2. The lowest BCUT2D eigenvalue weighted by Crippen LogP contribution is -2.35. The van der Waals surface area contributed by atoms with Gasteiger partial charge in [0.05, 0.1) is 0 Å². The minimum atomic E-state index is -0.0287. The summed E-state index contributed by atoms with van der Waals surface area (Å²) in [4.78, 5) is 2.53. The van der Waals surface area contributed by atoms with Crippen molar-refractivity contribution in [1.82, 2.24) is 4.90 Å². The molecule has 2 aromatic rings. The van der Waals surface area contributed by atoms with Gasteiger partial charge >= 0.3 is 0 Å². The number of fused-ring (bicyclic) bond motifs is 1. The van der Waals surface area contributed by atoms with Crippen LogP contribution in [-0.4, -0.2) is 30.6 Å². The SMILES string of the molecule is CC1=Cc2ccccc2OC1c1ccc(OC[C@H](C)N2CC[C@@H](C)C2)cc1. The molecule has 2 aliphatic heterocycles. The van der Waals surface area contributed by atoms with Gasteiger partial charge in [0.25, 0.3) is 0 Å². The van der Waals surface area contributed by atoms with Gasteiger partial charge in [0.15, 0.2) is 0 Å². The topological polar surface area (TPSA) is 21.7 Å². The van der Waals surface area contributed by atoms with E-state index in [0.29, 0.717) is 6.04 Å². The maximum atomic E-state index is 6.23. The van der Waals surface area contributed by atoms with Crippen molar-refractivity contribution in [3.05, 3.63) is 65.2 Å². The van der Waals surface area contributed by atoms with Gasteiger partial charge in [0.2, 0.25) is 0 Å². The standard InChI is InChI=1S/C24H29NO2/c1-17-12-13-25(15-17)19(3)16-26-22-10-8-20(9-11-22)24-18(2)14-21-6-4-5-7-23(21)27-24/h4-11,14,17,19,24H,12-13,15-16H2,1-3H3/t17-,19+,24?/m1/s1. The van der Waals surface area contributed by atoms with E-state index in [0.717, 1.165) is 35.2 Å². The number of nitrogens with zero attached hydrogens (tertiary/aromatic N) is 1. The van der Waals surface area contributed by atoms with Crippen LogP contribution < -0.4 is 9.47 Å². The summed E-state index contributed by atoms with van der Waals surface area (Å²) in [6.07, 6.45) is 3.49. The van der Waals surface area contributed by atoms with Crippen LogP contribution in [0.5, 0.6) is 11.5 Å². The number of hydrogen-bond donors (Lipinski definition) is 0. The molecule has 4 rings (SSSR count). The first kappa shape index (κ1) is 18.1. The lowest BCUT2D eigenvalue weighted by molar-refractivity contribution is 0.169. The minimum absolute atomic E-state index is 0.0287. The van der Waals surface area contributed by atoms with Crippen LogP contribution in [0.1, 0.15) is 44.4 Å². The highest BCUT2D eigenvalue weighted by atomic mass is 16.5. The normalized spacial score (nSPS) is 23.3. The summed E-state index contributed by atoms with van der Waals surface area (Å²) in [5, 5.41) is 0. The Morgan fingerprint density at radius 3 is 2.67 bits per heavy atom. The number of para-hydroxylation sites is 1. The van der Waals surface area contributed by atoms with Crippen LogP contribution in [0.2, 0.25) is 0 Å². The summed E-state index contributed by atoms with van der Waals surface area (Å²) in [6.45, 7) is 9.83. The molecule has 1 saturated heterocycles. The van der Waals surface area contributed by atoms with Gasteiger partial charge in [-0.1, -0.05) is 37.3 Å². The summed E-state index contributed by atoms with van der Waals surface area (Å²) in [6, 6.07) is 17.0. The van der Waals surface area contributed by atoms with Crippen LogP contribution in [-0.2, 0) is 0 Å². The zero-order chi connectivity index (χ0) is 18.8. The number of ether oxygens (including phenoxy) is 2. The second kappa shape index (κ2) is 7.77. The molecule has 0 bridgehead atoms. The zero-order valence-corrected chi connectivity index (χ0v) is 16.5. The Labute approximate surface area is 162 Å². The van der Waals surface area contributed by atoms with E-state index in [1.165, 1.54) is 25.1 Å². The highest BCUT2D eigenvalue weighted by molar-refractivity contribution is 5.63. The predicted octanol–water partition coefficient (Wildman–Crippen LogP) is 5.33. The van der Waals surface area contributed by atoms with Gasteiger partial charge in [-0.05, 0) is 68.1 Å². The van der Waals surface area contributed by atoms with Crippen molar-refractivity contribution in [2.24, 2.45) is 5.92 Å². The third-order valence-electron chi connectivity index (χ3n) is 5.71. The zero-order valence-electron chi connectivity index (χ0n) is 16.5. The van der Waals surface area contributed by atoms with Crippen LogP contribution in [0, 0.1) is 5.92 Å². The van der Waals surface area contributed by atoms with Gasteiger partial charge < -0.3 is 9.47 Å². The Morgan fingerprint density at radius 1 is 1.15 bits per heavy atom. The highest BCUT2D eigenvalue weighted by Crippen LogP contribution is 2.37. The van der Waals surface area contributed by atoms with Crippen LogP contribution in [0.15, 0.2) is 54.1 Å². The Bertz CT molecular complexity index is 811. The van der Waals surface area contributed by atoms with Gasteiger partial charge in [0, 0.05) is 18.2 Å². The number of rotatable bonds is 5. The van der Waals surface area contributed by atoms with E-state index < -0.39 is 0 Å². The van der Waals surface area contributed by atoms with Crippen molar-refractivity contribution in [2.45, 2.75) is 39.3 Å². The fourth-order valence-electron chi connectivity index (χ4n) is 4.01. The summed E-state index contributed by atoms with van der Waals surface area (Å²) >= 11 is 0. The second-order valence-electron chi connectivity index (χ2n) is 8.04. The lowest BCUT2D eigenvalue weighted by Gasteiger charge is -2.26. The summed E-state index contributed by atoms with van der Waals surface area (Å²) in [5.74, 6) is 2.68. The second-order valence-corrected chi connectivity index (χ2v) is 8.04. The highest BCUT2D eigenvalue weighted by Gasteiger charge is 2.24. The number of hydrogen-bond acceptors (Lipinski definition) is 3. The van der Waals surface area contributed by atoms with E-state index in [-0.39, 0.29) is 6.10 Å². The molecule has 0 aliphatic carbocycles. The van der Waals surface area contributed by atoms with E-state index >= 15 is 0 Å². The van der Waals surface area contributed by atoms with Crippen LogP contribution >= 0.6 is 0 Å². The van der Waals surface area contributed by atoms with Crippen molar-refractivity contribution in [2.75, 3.05) is 19.7 Å². The molecule has 2 aromatic carbocycles. The molecule has 0 saturated carbocycles. The molecule has 3 atom stereocenters. The van der Waals surface area contributed by atoms with Gasteiger partial charge in [-0.15, -0.1) is 0 Å². The van der Waals surface area contributed by atoms with Gasteiger partial charge in [-0.25, -0.2) is 0 Å². The molecule has 0 N–H and O–H groups in total. The monoisotopic (exact) mass is 363 g/mol. The fourth-order valence-corrected chi connectivity index (χ4v) is 4.01. The molecule has 1 unspecified atom stereocenters. The van der Waals surface area contributed by atoms with E-state index in [4.69, 9.17) is 9.47 Å². The fraction of sp³-hybridized carbons (Fsp3) is 0.417. The maximum absolute atomic E-state index is 6.23. The number of benzene rings is 2. The molecule has 27 heavy (non-hydrogen) atoms. The molecular weight excluding hydrogens is 334 g/mol. The van der Waals surface area contributed by atoms with Gasteiger partial charge in [0.1, 0.15) is 24.2 Å². The lowest BCUT2D eigenvalue weighted by atomic mass is 9.97. The summed E-state index contributed by atoms with van der Waals surface area (Å²) in [7, 11) is 0. The minimum Gasteiger partial charge on any atom is -0.492 e. The summed E-state index contributed by atoms with van der Waals surface area (Å²) < 4.78 is 12.3. The first-order valence-corrected chi connectivity index (χ1v) is 10.0. The molecule has 1 fully saturated rings. The van der Waals surface area contributed by atoms with Crippen molar-refractivity contribution < 1.29 is 9.47 Å². The molecule has 3 heteroatoms. The van der Waals surface area contributed by atoms with Crippen LogP contribution in [0.25, 0.3) is 6.08 Å². The van der Waals surface area contributed by atoms with E-state index in [1.807, 2.05) is 18.2 Å². The molecule has 0 aromatic heterocycles. The molecule has 2 aliphatic rings. The molecule has 2 heterocycles. The van der Waals surface area contributed by atoms with Crippen LogP contribution in [0.3, 0.4) is 0 Å². The number of likely N-dealkylation sites (tertiary alicyclic amines) is 1. The van der Waals surface area contributed by atoms with Crippen molar-refractivity contribution >= 4 is 6.08 Å². The largest absolute Gasteiger partial charge is 0.492 e. The van der Waals surface area contributed by atoms with Crippen LogP contribution in [0.4, 0.5) is 0 Å². The first-order chi connectivity index (χ1) is 13.1. The third kappa shape index (κ3) is 4.03. The predicted molar refractivity (Wildman–Crippen MR) is 110 cm³/mol. The molecule has 3 nitrogen and oxygen atoms in total. The van der Waals surface area contributed by atoms with Gasteiger partial charge in [-0.3, -0.25) is 4.90 Å². The average molecular weight is 364 g/mol. The molecule has 142 valence electrons. The maximum Gasteiger partial charge on any atom is 0.145 e. The van der Waals surface area contributed by atoms with Gasteiger partial charge in [-0.2, -0.15) is 0 Å². The first-order valence-electron chi connectivity index (χ1n) is 10.0. The van der Waals surface area contributed by atoms with E-state index in [1.54, 1.807) is 0 Å². The molecule has 0 spiro atoms.